The highest BCUT2D eigenvalue weighted by Gasteiger charge is 2.09. The highest BCUT2D eigenvalue weighted by molar-refractivity contribution is 4.73. The van der Waals surface area contributed by atoms with Crippen molar-refractivity contribution < 1.29 is 0 Å². The van der Waals surface area contributed by atoms with E-state index in [-0.39, 0.29) is 0 Å². The van der Waals surface area contributed by atoms with Crippen LogP contribution in [0.25, 0.3) is 0 Å². The molecular formula is C9H19-. The lowest BCUT2D eigenvalue weighted by molar-refractivity contribution is 0.326. The van der Waals surface area contributed by atoms with E-state index in [1.807, 2.05) is 0 Å². The molecule has 0 aliphatic heterocycles. The van der Waals surface area contributed by atoms with Crippen LogP contribution in [-0.2, 0) is 0 Å². The third-order valence-corrected chi connectivity index (χ3v) is 1.68. The molecule has 0 saturated carbocycles. The van der Waals surface area contributed by atoms with Crippen molar-refractivity contribution in [1.29, 1.82) is 0 Å². The van der Waals surface area contributed by atoms with Crippen molar-refractivity contribution in [2.45, 2.75) is 47.0 Å². The van der Waals surface area contributed by atoms with Crippen LogP contribution in [0.15, 0.2) is 0 Å². The van der Waals surface area contributed by atoms with Crippen molar-refractivity contribution >= 4 is 0 Å². The number of hydrogen-bond acceptors (Lipinski definition) is 0. The summed E-state index contributed by atoms with van der Waals surface area (Å²) in [5.74, 6) is 0. The Kier molecular flexibility index (Phi) is 3.92. The Hall–Kier alpha value is 0. The van der Waals surface area contributed by atoms with Crippen LogP contribution in [0.2, 0.25) is 0 Å². The fourth-order valence-electron chi connectivity index (χ4n) is 1.33. The zero-order chi connectivity index (χ0) is 7.33. The molecule has 0 aliphatic carbocycles. The van der Waals surface area contributed by atoms with Gasteiger partial charge in [0.05, 0.1) is 0 Å². The van der Waals surface area contributed by atoms with E-state index in [0.717, 1.165) is 0 Å². The van der Waals surface area contributed by atoms with E-state index < -0.39 is 0 Å². The van der Waals surface area contributed by atoms with E-state index in [4.69, 9.17) is 0 Å². The molecule has 0 fully saturated rings. The molecule has 0 nitrogen and oxygen atoms in total. The lowest BCUT2D eigenvalue weighted by atomic mass is 9.84. The van der Waals surface area contributed by atoms with Crippen LogP contribution in [0.4, 0.5) is 0 Å². The van der Waals surface area contributed by atoms with Crippen LogP contribution < -0.4 is 0 Å². The van der Waals surface area contributed by atoms with Crippen LogP contribution in [0.1, 0.15) is 47.0 Å². The second-order valence-electron chi connectivity index (χ2n) is 3.53. The Bertz CT molecular complexity index is 54.4. The van der Waals surface area contributed by atoms with Crippen molar-refractivity contribution in [3.05, 3.63) is 6.42 Å². The summed E-state index contributed by atoms with van der Waals surface area (Å²) >= 11 is 0. The summed E-state index contributed by atoms with van der Waals surface area (Å²) < 4.78 is 0. The van der Waals surface area contributed by atoms with Gasteiger partial charge in [0.25, 0.3) is 0 Å². The molecule has 0 aromatic heterocycles. The molecule has 0 unspecified atom stereocenters. The number of rotatable bonds is 4. The Morgan fingerprint density at radius 3 is 2.22 bits per heavy atom. The third-order valence-electron chi connectivity index (χ3n) is 1.68. The van der Waals surface area contributed by atoms with E-state index in [1.54, 1.807) is 0 Å². The summed E-state index contributed by atoms with van der Waals surface area (Å²) in [5.41, 5.74) is 0.545. The minimum Gasteiger partial charge on any atom is -0.331 e. The smallest absolute Gasteiger partial charge is 0.0508 e. The van der Waals surface area contributed by atoms with Gasteiger partial charge in [-0.1, -0.05) is 39.0 Å². The molecule has 0 aliphatic rings. The lowest BCUT2D eigenvalue weighted by Crippen LogP contribution is -2.09. The first kappa shape index (κ1) is 9.00. The molecule has 0 heteroatoms. The molecule has 0 atom stereocenters. The first-order valence-electron chi connectivity index (χ1n) is 3.90. The van der Waals surface area contributed by atoms with E-state index in [1.165, 1.54) is 19.3 Å². The van der Waals surface area contributed by atoms with Gasteiger partial charge in [0.2, 0.25) is 0 Å². The molecule has 0 heterocycles. The summed E-state index contributed by atoms with van der Waals surface area (Å²) in [7, 11) is 0. The van der Waals surface area contributed by atoms with Gasteiger partial charge >= 0.3 is 0 Å². The average molecular weight is 127 g/mol. The molecule has 9 heavy (non-hydrogen) atoms. The Morgan fingerprint density at radius 2 is 1.89 bits per heavy atom. The quantitative estimate of drug-likeness (QED) is 0.507. The molecule has 0 saturated heterocycles. The fraction of sp³-hybridized carbons (Fsp3) is 0.889. The van der Waals surface area contributed by atoms with Gasteiger partial charge in [-0.15, -0.1) is 0 Å². The first-order valence-corrected chi connectivity index (χ1v) is 3.90. The van der Waals surface area contributed by atoms with Gasteiger partial charge in [0.1, 0.15) is 0 Å². The second-order valence-corrected chi connectivity index (χ2v) is 3.53. The van der Waals surface area contributed by atoms with Gasteiger partial charge in [-0.2, -0.15) is 13.3 Å². The summed E-state index contributed by atoms with van der Waals surface area (Å²) in [5, 5.41) is 0. The SMILES string of the molecule is C[CH-]CC(C)(C)CCC. The minimum absolute atomic E-state index is 0.545. The topological polar surface area (TPSA) is 0 Å². The molecule has 0 aromatic rings. The van der Waals surface area contributed by atoms with Crippen molar-refractivity contribution in [3.63, 3.8) is 0 Å². The lowest BCUT2D eigenvalue weighted by Gasteiger charge is -2.27. The first-order chi connectivity index (χ1) is 4.12. The van der Waals surface area contributed by atoms with Crippen molar-refractivity contribution in [3.8, 4) is 0 Å². The molecular weight excluding hydrogens is 108 g/mol. The molecule has 0 aromatic carbocycles. The van der Waals surface area contributed by atoms with Gasteiger partial charge in [-0.05, 0) is 0 Å². The molecule has 0 bridgehead atoms. The maximum atomic E-state index is 2.33. The summed E-state index contributed by atoms with van der Waals surface area (Å²) in [6.45, 7) is 9.04. The zero-order valence-electron chi connectivity index (χ0n) is 7.20. The predicted octanol–water partition coefficient (Wildman–Crippen LogP) is 3.43. The normalized spacial score (nSPS) is 12.0. The molecule has 0 radical (unpaired) electrons. The molecule has 0 spiro atoms. The minimum atomic E-state index is 0.545. The monoisotopic (exact) mass is 127 g/mol. The van der Waals surface area contributed by atoms with Crippen molar-refractivity contribution in [1.82, 2.24) is 0 Å². The third kappa shape index (κ3) is 4.50. The molecule has 0 rings (SSSR count). The standard InChI is InChI=1S/C9H19/c1-5-7-9(3,4)8-6-2/h5H,6-8H2,1-4H3/q-1. The average Bonchev–Trinajstić information content (AvgIpc) is 1.64. The van der Waals surface area contributed by atoms with Crippen molar-refractivity contribution in [2.24, 2.45) is 5.41 Å². The highest BCUT2D eigenvalue weighted by Crippen LogP contribution is 2.26. The predicted molar refractivity (Wildman–Crippen MR) is 43.3 cm³/mol. The van der Waals surface area contributed by atoms with Crippen LogP contribution >= 0.6 is 0 Å². The maximum absolute atomic E-state index is 2.33. The fourth-order valence-corrected chi connectivity index (χ4v) is 1.33. The second kappa shape index (κ2) is 3.92. The van der Waals surface area contributed by atoms with Crippen LogP contribution in [-0.4, -0.2) is 0 Å². The van der Waals surface area contributed by atoms with Crippen molar-refractivity contribution in [2.75, 3.05) is 0 Å². The Morgan fingerprint density at radius 1 is 1.33 bits per heavy atom. The largest absolute Gasteiger partial charge is 0.331 e. The Balaban J connectivity index is 3.43. The summed E-state index contributed by atoms with van der Waals surface area (Å²) in [6.07, 6.45) is 6.16. The molecule has 56 valence electrons. The summed E-state index contributed by atoms with van der Waals surface area (Å²) in [6, 6.07) is 0. The van der Waals surface area contributed by atoms with Crippen LogP contribution in [0.5, 0.6) is 0 Å². The zero-order valence-corrected chi connectivity index (χ0v) is 7.20. The van der Waals surface area contributed by atoms with Crippen LogP contribution in [0, 0.1) is 11.8 Å². The van der Waals surface area contributed by atoms with Gasteiger partial charge in [0.15, 0.2) is 0 Å². The van der Waals surface area contributed by atoms with E-state index >= 15 is 0 Å². The van der Waals surface area contributed by atoms with Gasteiger partial charge < -0.3 is 6.42 Å². The molecule has 0 N–H and O–H groups in total. The van der Waals surface area contributed by atoms with E-state index in [2.05, 4.69) is 34.1 Å². The Labute approximate surface area is 59.7 Å². The maximum Gasteiger partial charge on any atom is -0.0508 e. The van der Waals surface area contributed by atoms with Gasteiger partial charge in [-0.3, -0.25) is 0 Å². The highest BCUT2D eigenvalue weighted by atomic mass is 14.2. The van der Waals surface area contributed by atoms with Gasteiger partial charge in [0, 0.05) is 0 Å². The van der Waals surface area contributed by atoms with E-state index in [9.17, 15) is 0 Å². The van der Waals surface area contributed by atoms with E-state index in [0.29, 0.717) is 5.41 Å². The number of hydrogen-bond donors (Lipinski definition) is 0. The molecule has 0 amide bonds. The van der Waals surface area contributed by atoms with Gasteiger partial charge in [-0.25, -0.2) is 0 Å². The van der Waals surface area contributed by atoms with Crippen LogP contribution in [0.3, 0.4) is 0 Å². The summed E-state index contributed by atoms with van der Waals surface area (Å²) in [4.78, 5) is 0.